The number of carbonyl (C=O) groups excluding carboxylic acids is 1. The second kappa shape index (κ2) is 7.36. The molecule has 1 aromatic carbocycles. The zero-order valence-corrected chi connectivity index (χ0v) is 11.3. The third-order valence-electron chi connectivity index (χ3n) is 2.84. The highest BCUT2D eigenvalue weighted by molar-refractivity contribution is 5.95. The molecular weight excluding hydrogens is 252 g/mol. The second-order valence-corrected chi connectivity index (χ2v) is 4.12. The number of morpholine rings is 1. The molecule has 0 saturated carbocycles. The zero-order valence-electron chi connectivity index (χ0n) is 10.4. The van der Waals surface area contributed by atoms with E-state index >= 15 is 0 Å². The monoisotopic (exact) mass is 270 g/mol. The van der Waals surface area contributed by atoms with Crippen molar-refractivity contribution in [3.63, 3.8) is 0 Å². The van der Waals surface area contributed by atoms with Crippen molar-refractivity contribution in [1.82, 2.24) is 5.32 Å². The molecule has 0 aromatic heterocycles. The predicted molar refractivity (Wildman–Crippen MR) is 74.3 cm³/mol. The molecule has 5 heteroatoms. The molecule has 0 bridgehead atoms. The van der Waals surface area contributed by atoms with Crippen LogP contribution in [0.15, 0.2) is 24.3 Å². The lowest BCUT2D eigenvalue weighted by molar-refractivity contribution is -0.120. The summed E-state index contributed by atoms with van der Waals surface area (Å²) in [7, 11) is 0. The number of amides is 1. The van der Waals surface area contributed by atoms with Gasteiger partial charge in [0, 0.05) is 12.2 Å². The average Bonchev–Trinajstić information content (AvgIpc) is 2.40. The summed E-state index contributed by atoms with van der Waals surface area (Å²) in [5.41, 5.74) is 2.07. The maximum atomic E-state index is 11.9. The van der Waals surface area contributed by atoms with Gasteiger partial charge in [-0.3, -0.25) is 4.79 Å². The van der Waals surface area contributed by atoms with Crippen molar-refractivity contribution < 1.29 is 9.53 Å². The van der Waals surface area contributed by atoms with Gasteiger partial charge in [0.25, 0.3) is 0 Å². The number of hydrogen-bond donors (Lipinski definition) is 2. The van der Waals surface area contributed by atoms with Crippen molar-refractivity contribution >= 4 is 24.0 Å². The van der Waals surface area contributed by atoms with E-state index in [-0.39, 0.29) is 24.4 Å². The topological polar surface area (TPSA) is 50.4 Å². The molecule has 1 fully saturated rings. The van der Waals surface area contributed by atoms with E-state index in [0.29, 0.717) is 13.2 Å². The van der Waals surface area contributed by atoms with Gasteiger partial charge >= 0.3 is 0 Å². The number of carbonyl (C=O) groups is 1. The number of benzene rings is 1. The van der Waals surface area contributed by atoms with Gasteiger partial charge in [0.15, 0.2) is 0 Å². The number of halogens is 1. The van der Waals surface area contributed by atoms with Crippen molar-refractivity contribution in [1.29, 1.82) is 0 Å². The van der Waals surface area contributed by atoms with Crippen molar-refractivity contribution in [3.05, 3.63) is 29.8 Å². The first-order valence-corrected chi connectivity index (χ1v) is 6.00. The van der Waals surface area contributed by atoms with E-state index in [9.17, 15) is 4.79 Å². The first-order valence-electron chi connectivity index (χ1n) is 6.00. The van der Waals surface area contributed by atoms with Gasteiger partial charge in [-0.1, -0.05) is 19.1 Å². The standard InChI is InChI=1S/C13H18N2O2.ClH/c1-2-10-4-3-5-11(8-10)15-13(16)12-9-17-7-6-14-12;/h3-5,8,12,14H,2,6-7,9H2,1H3,(H,15,16);1H. The van der Waals surface area contributed by atoms with Gasteiger partial charge in [-0.2, -0.15) is 0 Å². The highest BCUT2D eigenvalue weighted by atomic mass is 35.5. The molecule has 100 valence electrons. The van der Waals surface area contributed by atoms with Gasteiger partial charge in [0.05, 0.1) is 13.2 Å². The Kier molecular flexibility index (Phi) is 6.12. The molecule has 18 heavy (non-hydrogen) atoms. The smallest absolute Gasteiger partial charge is 0.243 e. The lowest BCUT2D eigenvalue weighted by Gasteiger charge is -2.22. The fraction of sp³-hybridized carbons (Fsp3) is 0.462. The Morgan fingerprint density at radius 2 is 2.39 bits per heavy atom. The van der Waals surface area contributed by atoms with E-state index in [0.717, 1.165) is 18.7 Å². The molecule has 2 rings (SSSR count). The number of nitrogens with one attached hydrogen (secondary N) is 2. The number of hydrogen-bond acceptors (Lipinski definition) is 3. The van der Waals surface area contributed by atoms with Gasteiger partial charge in [-0.15, -0.1) is 12.4 Å². The highest BCUT2D eigenvalue weighted by Gasteiger charge is 2.20. The fourth-order valence-corrected chi connectivity index (χ4v) is 1.83. The van der Waals surface area contributed by atoms with Crippen molar-refractivity contribution in [2.75, 3.05) is 25.1 Å². The Bertz CT molecular complexity index is 392. The average molecular weight is 271 g/mol. The quantitative estimate of drug-likeness (QED) is 0.877. The highest BCUT2D eigenvalue weighted by Crippen LogP contribution is 2.11. The Morgan fingerprint density at radius 3 is 3.06 bits per heavy atom. The van der Waals surface area contributed by atoms with Crippen molar-refractivity contribution in [2.24, 2.45) is 0 Å². The van der Waals surface area contributed by atoms with Gasteiger partial charge in [-0.05, 0) is 24.1 Å². The molecule has 0 spiro atoms. The van der Waals surface area contributed by atoms with Crippen LogP contribution in [-0.4, -0.2) is 31.7 Å². The van der Waals surface area contributed by atoms with E-state index in [1.165, 1.54) is 5.56 Å². The summed E-state index contributed by atoms with van der Waals surface area (Å²) in [6.45, 7) is 3.94. The summed E-state index contributed by atoms with van der Waals surface area (Å²) >= 11 is 0. The first kappa shape index (κ1) is 15.0. The lowest BCUT2D eigenvalue weighted by atomic mass is 10.1. The molecule has 1 aliphatic heterocycles. The van der Waals surface area contributed by atoms with Gasteiger partial charge in [0.1, 0.15) is 6.04 Å². The molecule has 0 aliphatic carbocycles. The largest absolute Gasteiger partial charge is 0.378 e. The van der Waals surface area contributed by atoms with Crippen LogP contribution in [0.3, 0.4) is 0 Å². The van der Waals surface area contributed by atoms with Crippen molar-refractivity contribution in [2.45, 2.75) is 19.4 Å². The summed E-state index contributed by atoms with van der Waals surface area (Å²) in [4.78, 5) is 11.9. The molecule has 1 atom stereocenters. The third kappa shape index (κ3) is 3.98. The molecule has 1 unspecified atom stereocenters. The molecule has 4 nitrogen and oxygen atoms in total. The van der Waals surface area contributed by atoms with Crippen LogP contribution >= 0.6 is 12.4 Å². The summed E-state index contributed by atoms with van der Waals surface area (Å²) in [5.74, 6) is -0.0297. The molecule has 1 saturated heterocycles. The SMILES string of the molecule is CCc1cccc(NC(=O)C2COCCN2)c1.Cl. The molecular formula is C13H19ClN2O2. The Balaban J connectivity index is 0.00000162. The van der Waals surface area contributed by atoms with Gasteiger partial charge in [0.2, 0.25) is 5.91 Å². The summed E-state index contributed by atoms with van der Waals surface area (Å²) in [5, 5.41) is 6.04. The van der Waals surface area contributed by atoms with Crippen LogP contribution in [0.4, 0.5) is 5.69 Å². The van der Waals surface area contributed by atoms with Gasteiger partial charge < -0.3 is 15.4 Å². The molecule has 1 amide bonds. The van der Waals surface area contributed by atoms with E-state index in [2.05, 4.69) is 23.6 Å². The molecule has 0 radical (unpaired) electrons. The lowest BCUT2D eigenvalue weighted by Crippen LogP contribution is -2.48. The number of ether oxygens (including phenoxy) is 1. The zero-order chi connectivity index (χ0) is 12.1. The van der Waals surface area contributed by atoms with Crippen LogP contribution in [0.5, 0.6) is 0 Å². The first-order chi connectivity index (χ1) is 8.29. The van der Waals surface area contributed by atoms with Crippen LogP contribution in [0.1, 0.15) is 12.5 Å². The number of aryl methyl sites for hydroxylation is 1. The van der Waals surface area contributed by atoms with Gasteiger partial charge in [-0.25, -0.2) is 0 Å². The van der Waals surface area contributed by atoms with Crippen molar-refractivity contribution in [3.8, 4) is 0 Å². The maximum absolute atomic E-state index is 11.9. The van der Waals surface area contributed by atoms with E-state index in [1.54, 1.807) is 0 Å². The van der Waals surface area contributed by atoms with E-state index in [4.69, 9.17) is 4.74 Å². The fourth-order valence-electron chi connectivity index (χ4n) is 1.83. The Hall–Kier alpha value is -1.10. The Labute approximate surface area is 114 Å². The minimum atomic E-state index is -0.242. The normalized spacial score (nSPS) is 18.8. The molecule has 1 aliphatic rings. The second-order valence-electron chi connectivity index (χ2n) is 4.12. The van der Waals surface area contributed by atoms with Crippen LogP contribution < -0.4 is 10.6 Å². The molecule has 2 N–H and O–H groups in total. The number of anilines is 1. The summed E-state index contributed by atoms with van der Waals surface area (Å²) < 4.78 is 5.26. The maximum Gasteiger partial charge on any atom is 0.243 e. The Morgan fingerprint density at radius 1 is 1.56 bits per heavy atom. The predicted octanol–water partition coefficient (Wildman–Crippen LogP) is 1.60. The number of rotatable bonds is 3. The van der Waals surface area contributed by atoms with Crippen LogP contribution in [0.2, 0.25) is 0 Å². The minimum absolute atomic E-state index is 0. The molecule has 1 heterocycles. The minimum Gasteiger partial charge on any atom is -0.378 e. The van der Waals surface area contributed by atoms with Crippen LogP contribution in [0, 0.1) is 0 Å². The van der Waals surface area contributed by atoms with Crippen LogP contribution in [0.25, 0.3) is 0 Å². The summed E-state index contributed by atoms with van der Waals surface area (Å²) in [6, 6.07) is 7.67. The third-order valence-corrected chi connectivity index (χ3v) is 2.84. The van der Waals surface area contributed by atoms with Crippen LogP contribution in [-0.2, 0) is 16.0 Å². The molecule has 1 aromatic rings. The van der Waals surface area contributed by atoms with E-state index in [1.807, 2.05) is 18.2 Å². The summed E-state index contributed by atoms with van der Waals surface area (Å²) in [6.07, 6.45) is 0.967. The van der Waals surface area contributed by atoms with E-state index < -0.39 is 0 Å².